The molecule has 17 heavy (non-hydrogen) atoms. The summed E-state index contributed by atoms with van der Waals surface area (Å²) in [5, 5.41) is 5.48. The van der Waals surface area contributed by atoms with E-state index in [1.54, 1.807) is 7.11 Å². The molecule has 0 heterocycles. The molecule has 0 aromatic heterocycles. The molecule has 2 amide bonds. The summed E-state index contributed by atoms with van der Waals surface area (Å²) < 4.78 is 5.19. The number of methoxy groups -OCH3 is 1. The zero-order chi connectivity index (χ0) is 12.5. The van der Waals surface area contributed by atoms with Crippen molar-refractivity contribution in [1.82, 2.24) is 10.6 Å². The third kappa shape index (κ3) is 4.74. The van der Waals surface area contributed by atoms with E-state index in [-0.39, 0.29) is 6.03 Å². The molecule has 0 saturated heterocycles. The lowest BCUT2D eigenvalue weighted by Gasteiger charge is -2.10. The standard InChI is InChI=1S/C12H19N3O2/c1-17-11-6-3-2-5-10(11)9-15-12(16)14-8-4-7-13/h2-3,5-6H,4,7-9,13H2,1H3,(H2,14,15,16). The van der Waals surface area contributed by atoms with Gasteiger partial charge in [-0.25, -0.2) is 4.79 Å². The van der Waals surface area contributed by atoms with Crippen molar-refractivity contribution in [3.63, 3.8) is 0 Å². The molecule has 0 radical (unpaired) electrons. The van der Waals surface area contributed by atoms with Gasteiger partial charge in [0.25, 0.3) is 0 Å². The lowest BCUT2D eigenvalue weighted by Crippen LogP contribution is -2.36. The number of carbonyl (C=O) groups excluding carboxylic acids is 1. The molecule has 94 valence electrons. The van der Waals surface area contributed by atoms with E-state index in [0.717, 1.165) is 17.7 Å². The predicted molar refractivity (Wildman–Crippen MR) is 66.9 cm³/mol. The lowest BCUT2D eigenvalue weighted by molar-refractivity contribution is 0.240. The molecule has 5 nitrogen and oxygen atoms in total. The van der Waals surface area contributed by atoms with E-state index in [9.17, 15) is 4.79 Å². The van der Waals surface area contributed by atoms with Crippen molar-refractivity contribution in [3.05, 3.63) is 29.8 Å². The number of carbonyl (C=O) groups is 1. The monoisotopic (exact) mass is 237 g/mol. The number of hydrogen-bond donors (Lipinski definition) is 3. The first-order valence-corrected chi connectivity index (χ1v) is 5.61. The fraction of sp³-hybridized carbons (Fsp3) is 0.417. The Morgan fingerprint density at radius 3 is 2.82 bits per heavy atom. The summed E-state index contributed by atoms with van der Waals surface area (Å²) in [6.07, 6.45) is 0.780. The van der Waals surface area contributed by atoms with Gasteiger partial charge < -0.3 is 21.1 Å². The minimum absolute atomic E-state index is 0.190. The predicted octanol–water partition coefficient (Wildman–Crippen LogP) is 0.843. The van der Waals surface area contributed by atoms with Gasteiger partial charge in [-0.3, -0.25) is 0 Å². The maximum atomic E-state index is 11.4. The maximum Gasteiger partial charge on any atom is 0.315 e. The van der Waals surface area contributed by atoms with E-state index in [2.05, 4.69) is 10.6 Å². The number of rotatable bonds is 6. The van der Waals surface area contributed by atoms with Crippen LogP contribution in [-0.4, -0.2) is 26.2 Å². The van der Waals surface area contributed by atoms with E-state index >= 15 is 0 Å². The highest BCUT2D eigenvalue weighted by molar-refractivity contribution is 5.73. The summed E-state index contributed by atoms with van der Waals surface area (Å²) in [7, 11) is 1.61. The van der Waals surface area contributed by atoms with Crippen molar-refractivity contribution < 1.29 is 9.53 Å². The van der Waals surface area contributed by atoms with E-state index in [0.29, 0.717) is 19.6 Å². The lowest BCUT2D eigenvalue weighted by atomic mass is 10.2. The van der Waals surface area contributed by atoms with Crippen LogP contribution in [0.5, 0.6) is 5.75 Å². The fourth-order valence-corrected chi connectivity index (χ4v) is 1.39. The number of para-hydroxylation sites is 1. The third-order valence-corrected chi connectivity index (χ3v) is 2.30. The van der Waals surface area contributed by atoms with Crippen molar-refractivity contribution in [1.29, 1.82) is 0 Å². The summed E-state index contributed by atoms with van der Waals surface area (Å²) in [5.74, 6) is 0.773. The van der Waals surface area contributed by atoms with Gasteiger partial charge in [0.1, 0.15) is 5.75 Å². The van der Waals surface area contributed by atoms with Gasteiger partial charge in [-0.05, 0) is 19.0 Å². The quantitative estimate of drug-likeness (QED) is 0.642. The SMILES string of the molecule is COc1ccccc1CNC(=O)NCCCN. The summed E-state index contributed by atoms with van der Waals surface area (Å²) in [6, 6.07) is 7.39. The van der Waals surface area contributed by atoms with Crippen LogP contribution in [0, 0.1) is 0 Å². The zero-order valence-electron chi connectivity index (χ0n) is 10.0. The molecule has 0 aliphatic rings. The topological polar surface area (TPSA) is 76.4 Å². The molecule has 0 aliphatic heterocycles. The molecule has 1 aromatic carbocycles. The Hall–Kier alpha value is -1.75. The van der Waals surface area contributed by atoms with Gasteiger partial charge in [-0.1, -0.05) is 18.2 Å². The van der Waals surface area contributed by atoms with Crippen LogP contribution < -0.4 is 21.1 Å². The Morgan fingerprint density at radius 2 is 2.12 bits per heavy atom. The molecule has 0 aliphatic carbocycles. The highest BCUT2D eigenvalue weighted by atomic mass is 16.5. The smallest absolute Gasteiger partial charge is 0.315 e. The minimum Gasteiger partial charge on any atom is -0.496 e. The zero-order valence-corrected chi connectivity index (χ0v) is 10.0. The second-order valence-electron chi connectivity index (χ2n) is 3.56. The van der Waals surface area contributed by atoms with Crippen LogP contribution in [0.4, 0.5) is 4.79 Å². The molecule has 0 saturated carbocycles. The molecule has 0 atom stereocenters. The maximum absolute atomic E-state index is 11.4. The number of ether oxygens (including phenoxy) is 1. The van der Waals surface area contributed by atoms with Crippen LogP contribution in [0.1, 0.15) is 12.0 Å². The van der Waals surface area contributed by atoms with Crippen LogP contribution in [0.25, 0.3) is 0 Å². The van der Waals surface area contributed by atoms with E-state index in [4.69, 9.17) is 10.5 Å². The average molecular weight is 237 g/mol. The number of nitrogens with one attached hydrogen (secondary N) is 2. The van der Waals surface area contributed by atoms with Crippen LogP contribution in [-0.2, 0) is 6.54 Å². The third-order valence-electron chi connectivity index (χ3n) is 2.30. The molecular formula is C12H19N3O2. The largest absolute Gasteiger partial charge is 0.496 e. The van der Waals surface area contributed by atoms with Gasteiger partial charge in [0.05, 0.1) is 7.11 Å². The summed E-state index contributed by atoms with van der Waals surface area (Å²) >= 11 is 0. The Balaban J connectivity index is 2.36. The second-order valence-corrected chi connectivity index (χ2v) is 3.56. The first-order chi connectivity index (χ1) is 8.27. The van der Waals surface area contributed by atoms with Crippen molar-refractivity contribution in [2.45, 2.75) is 13.0 Å². The van der Waals surface area contributed by atoms with Crippen LogP contribution >= 0.6 is 0 Å². The number of amides is 2. The Labute approximate surface area is 101 Å². The first kappa shape index (κ1) is 13.3. The van der Waals surface area contributed by atoms with Crippen molar-refractivity contribution in [3.8, 4) is 5.75 Å². The first-order valence-electron chi connectivity index (χ1n) is 5.61. The minimum atomic E-state index is -0.190. The van der Waals surface area contributed by atoms with E-state index < -0.39 is 0 Å². The van der Waals surface area contributed by atoms with Crippen molar-refractivity contribution in [2.75, 3.05) is 20.2 Å². The van der Waals surface area contributed by atoms with Crippen molar-refractivity contribution in [2.24, 2.45) is 5.73 Å². The summed E-state index contributed by atoms with van der Waals surface area (Å²) in [6.45, 7) is 1.61. The fourth-order valence-electron chi connectivity index (χ4n) is 1.39. The van der Waals surface area contributed by atoms with Gasteiger partial charge in [0.15, 0.2) is 0 Å². The Bertz CT molecular complexity index is 355. The summed E-state index contributed by atoms with van der Waals surface area (Å²) in [4.78, 5) is 11.4. The molecule has 0 spiro atoms. The summed E-state index contributed by atoms with van der Waals surface area (Å²) in [5.41, 5.74) is 6.28. The van der Waals surface area contributed by atoms with Gasteiger partial charge in [-0.15, -0.1) is 0 Å². The van der Waals surface area contributed by atoms with E-state index in [1.165, 1.54) is 0 Å². The second kappa shape index (κ2) is 7.51. The van der Waals surface area contributed by atoms with Crippen LogP contribution in [0.3, 0.4) is 0 Å². The highest BCUT2D eigenvalue weighted by Crippen LogP contribution is 2.16. The van der Waals surface area contributed by atoms with E-state index in [1.807, 2.05) is 24.3 Å². The number of hydrogen-bond acceptors (Lipinski definition) is 3. The van der Waals surface area contributed by atoms with Gasteiger partial charge in [-0.2, -0.15) is 0 Å². The number of nitrogens with two attached hydrogens (primary N) is 1. The van der Waals surface area contributed by atoms with Gasteiger partial charge in [0, 0.05) is 18.7 Å². The number of urea groups is 1. The number of benzene rings is 1. The van der Waals surface area contributed by atoms with Crippen molar-refractivity contribution >= 4 is 6.03 Å². The molecule has 0 unspecified atom stereocenters. The molecule has 4 N–H and O–H groups in total. The molecule has 1 aromatic rings. The normalized spacial score (nSPS) is 9.76. The molecular weight excluding hydrogens is 218 g/mol. The molecule has 0 bridgehead atoms. The molecule has 0 fully saturated rings. The van der Waals surface area contributed by atoms with Gasteiger partial charge in [0.2, 0.25) is 0 Å². The average Bonchev–Trinajstić information content (AvgIpc) is 2.37. The van der Waals surface area contributed by atoms with Crippen LogP contribution in [0.2, 0.25) is 0 Å². The molecule has 1 rings (SSSR count). The Morgan fingerprint density at radius 1 is 1.35 bits per heavy atom. The molecule has 5 heteroatoms. The Kier molecular flexibility index (Phi) is 5.88. The highest BCUT2D eigenvalue weighted by Gasteiger charge is 2.03. The van der Waals surface area contributed by atoms with Gasteiger partial charge >= 0.3 is 6.03 Å². The van der Waals surface area contributed by atoms with Crippen LogP contribution in [0.15, 0.2) is 24.3 Å².